The van der Waals surface area contributed by atoms with Crippen LogP contribution in [0.25, 0.3) is 11.0 Å². The highest BCUT2D eigenvalue weighted by molar-refractivity contribution is 7.85. The van der Waals surface area contributed by atoms with Crippen LogP contribution in [-0.2, 0) is 17.2 Å². The van der Waals surface area contributed by atoms with E-state index < -0.39 is 10.8 Å². The summed E-state index contributed by atoms with van der Waals surface area (Å²) in [7, 11) is -0.704. The summed E-state index contributed by atoms with van der Waals surface area (Å²) in [6.45, 7) is 5.59. The van der Waals surface area contributed by atoms with E-state index in [1.54, 1.807) is 0 Å². The van der Waals surface area contributed by atoms with Crippen molar-refractivity contribution in [2.75, 3.05) is 18.8 Å². The zero-order valence-corrected chi connectivity index (χ0v) is 17.2. The molecule has 1 aliphatic carbocycles. The lowest BCUT2D eigenvalue weighted by atomic mass is 9.95. The van der Waals surface area contributed by atoms with Crippen LogP contribution in [-0.4, -0.2) is 40.3 Å². The van der Waals surface area contributed by atoms with Gasteiger partial charge in [-0.1, -0.05) is 31.5 Å². The molecule has 0 amide bonds. The number of para-hydroxylation sites is 1. The number of fused-ring (bicyclic) bond motifs is 1. The van der Waals surface area contributed by atoms with Crippen LogP contribution in [0.5, 0.6) is 0 Å². The van der Waals surface area contributed by atoms with Crippen molar-refractivity contribution in [3.63, 3.8) is 0 Å². The number of guanidine groups is 1. The van der Waals surface area contributed by atoms with Crippen molar-refractivity contribution in [1.29, 1.82) is 0 Å². The van der Waals surface area contributed by atoms with Gasteiger partial charge < -0.3 is 15.1 Å². The third-order valence-electron chi connectivity index (χ3n) is 5.07. The average molecular weight is 390 g/mol. The monoisotopic (exact) mass is 389 g/mol. The Labute approximate surface area is 164 Å². The Kier molecular flexibility index (Phi) is 7.33. The first kappa shape index (κ1) is 19.9. The standard InChI is InChI=1S/C21H31N3O2S/c1-3-22-21(24-17-9-7-10-19(15-17)27(25)4-2)23-13-12-18-14-16-8-5-6-11-20(16)26-18/h5-6,8,11,14,17,19H,3-4,7,9-10,12-13,15H2,1-2H3,(H2,22,23,24). The van der Waals surface area contributed by atoms with E-state index in [0.29, 0.717) is 17.8 Å². The van der Waals surface area contributed by atoms with Crippen LogP contribution in [0.4, 0.5) is 0 Å². The second-order valence-electron chi connectivity index (χ2n) is 7.06. The van der Waals surface area contributed by atoms with Gasteiger partial charge in [-0.3, -0.25) is 9.20 Å². The molecule has 0 spiro atoms. The number of nitrogens with one attached hydrogen (secondary N) is 2. The molecule has 0 saturated heterocycles. The van der Waals surface area contributed by atoms with Crippen LogP contribution in [0.3, 0.4) is 0 Å². The van der Waals surface area contributed by atoms with E-state index in [-0.39, 0.29) is 0 Å². The predicted octanol–water partition coefficient (Wildman–Crippen LogP) is 3.61. The van der Waals surface area contributed by atoms with Crippen LogP contribution in [0.15, 0.2) is 39.7 Å². The number of aliphatic imine (C=N–C) groups is 1. The molecule has 5 nitrogen and oxygen atoms in total. The molecule has 3 atom stereocenters. The minimum atomic E-state index is -0.704. The normalized spacial score (nSPS) is 21.9. The molecule has 6 heteroatoms. The van der Waals surface area contributed by atoms with Crippen molar-refractivity contribution in [1.82, 2.24) is 10.6 Å². The summed E-state index contributed by atoms with van der Waals surface area (Å²) in [4.78, 5) is 4.72. The summed E-state index contributed by atoms with van der Waals surface area (Å²) in [5, 5.41) is 8.34. The predicted molar refractivity (Wildman–Crippen MR) is 114 cm³/mol. The van der Waals surface area contributed by atoms with Gasteiger partial charge in [-0.2, -0.15) is 0 Å². The lowest BCUT2D eigenvalue weighted by Gasteiger charge is -2.30. The Bertz CT molecular complexity index is 754. The van der Waals surface area contributed by atoms with E-state index in [1.807, 2.05) is 25.1 Å². The zero-order valence-electron chi connectivity index (χ0n) is 16.4. The van der Waals surface area contributed by atoms with Crippen LogP contribution in [0.1, 0.15) is 45.3 Å². The Hall–Kier alpha value is -1.82. The van der Waals surface area contributed by atoms with Crippen molar-refractivity contribution in [3.05, 3.63) is 36.1 Å². The first-order chi connectivity index (χ1) is 13.2. The fraction of sp³-hybridized carbons (Fsp3) is 0.571. The maximum absolute atomic E-state index is 12.2. The van der Waals surface area contributed by atoms with E-state index in [1.165, 1.54) is 0 Å². The number of furan rings is 1. The second-order valence-corrected chi connectivity index (χ2v) is 9.07. The van der Waals surface area contributed by atoms with E-state index >= 15 is 0 Å². The van der Waals surface area contributed by atoms with Gasteiger partial charge in [-0.05, 0) is 38.3 Å². The number of hydrogen-bond donors (Lipinski definition) is 2. The summed E-state index contributed by atoms with van der Waals surface area (Å²) in [6, 6.07) is 10.5. The molecule has 2 aromatic rings. The number of nitrogens with zero attached hydrogens (tertiary/aromatic N) is 1. The maximum atomic E-state index is 12.2. The van der Waals surface area contributed by atoms with Crippen LogP contribution < -0.4 is 10.6 Å². The highest BCUT2D eigenvalue weighted by Gasteiger charge is 2.26. The van der Waals surface area contributed by atoms with Crippen LogP contribution >= 0.6 is 0 Å². The highest BCUT2D eigenvalue weighted by atomic mass is 32.2. The molecule has 2 N–H and O–H groups in total. The molecule has 27 heavy (non-hydrogen) atoms. The van der Waals surface area contributed by atoms with Crippen LogP contribution in [0.2, 0.25) is 0 Å². The molecule has 1 saturated carbocycles. The third-order valence-corrected chi connectivity index (χ3v) is 6.81. The van der Waals surface area contributed by atoms with Crippen molar-refractivity contribution >= 4 is 27.7 Å². The lowest BCUT2D eigenvalue weighted by molar-refractivity contribution is 0.413. The Balaban J connectivity index is 1.56. The van der Waals surface area contributed by atoms with Gasteiger partial charge in [-0.25, -0.2) is 0 Å². The molecule has 0 radical (unpaired) electrons. The minimum absolute atomic E-state index is 0.319. The molecule has 0 aliphatic heterocycles. The fourth-order valence-electron chi connectivity index (χ4n) is 3.70. The van der Waals surface area contributed by atoms with Gasteiger partial charge in [0.05, 0.1) is 0 Å². The molecule has 1 fully saturated rings. The summed E-state index contributed by atoms with van der Waals surface area (Å²) >= 11 is 0. The van der Waals surface area contributed by atoms with E-state index in [2.05, 4.69) is 29.7 Å². The molecular weight excluding hydrogens is 358 g/mol. The molecule has 1 heterocycles. The van der Waals surface area contributed by atoms with Gasteiger partial charge >= 0.3 is 0 Å². The molecule has 148 valence electrons. The van der Waals surface area contributed by atoms with Gasteiger partial charge in [0, 0.05) is 52.7 Å². The first-order valence-electron chi connectivity index (χ1n) is 10.1. The van der Waals surface area contributed by atoms with E-state index in [4.69, 9.17) is 9.41 Å². The third kappa shape index (κ3) is 5.58. The molecule has 1 aromatic heterocycles. The topological polar surface area (TPSA) is 66.6 Å². The van der Waals surface area contributed by atoms with Crippen molar-refractivity contribution in [3.8, 4) is 0 Å². The molecule has 1 aliphatic rings. The number of benzene rings is 1. The number of rotatable bonds is 7. The van der Waals surface area contributed by atoms with Crippen molar-refractivity contribution in [2.24, 2.45) is 4.99 Å². The summed E-state index contributed by atoms with van der Waals surface area (Å²) in [6.07, 6.45) is 5.07. The molecule has 3 rings (SSSR count). The Morgan fingerprint density at radius 1 is 1.30 bits per heavy atom. The summed E-state index contributed by atoms with van der Waals surface area (Å²) in [5.41, 5.74) is 0.929. The summed E-state index contributed by atoms with van der Waals surface area (Å²) < 4.78 is 18.0. The molecule has 1 aromatic carbocycles. The second kappa shape index (κ2) is 9.93. The fourth-order valence-corrected chi connectivity index (χ4v) is 5.05. The summed E-state index contributed by atoms with van der Waals surface area (Å²) in [5.74, 6) is 2.57. The highest BCUT2D eigenvalue weighted by Crippen LogP contribution is 2.23. The Morgan fingerprint density at radius 3 is 2.93 bits per heavy atom. The zero-order chi connectivity index (χ0) is 19.1. The lowest BCUT2D eigenvalue weighted by Crippen LogP contribution is -2.46. The smallest absolute Gasteiger partial charge is 0.191 e. The van der Waals surface area contributed by atoms with Gasteiger partial charge in [0.25, 0.3) is 0 Å². The minimum Gasteiger partial charge on any atom is -0.461 e. The van der Waals surface area contributed by atoms with Crippen molar-refractivity contribution < 1.29 is 8.63 Å². The molecular formula is C21H31N3O2S. The first-order valence-corrected chi connectivity index (χ1v) is 11.5. The van der Waals surface area contributed by atoms with Gasteiger partial charge in [-0.15, -0.1) is 0 Å². The SMILES string of the molecule is CCNC(=NCCc1cc2ccccc2o1)NC1CCCC(S(=O)CC)C1. The number of hydrogen-bond acceptors (Lipinski definition) is 3. The average Bonchev–Trinajstić information content (AvgIpc) is 3.10. The largest absolute Gasteiger partial charge is 0.461 e. The van der Waals surface area contributed by atoms with Gasteiger partial charge in [0.15, 0.2) is 5.96 Å². The maximum Gasteiger partial charge on any atom is 0.191 e. The molecule has 0 bridgehead atoms. The van der Waals surface area contributed by atoms with Gasteiger partial charge in [0.1, 0.15) is 11.3 Å². The Morgan fingerprint density at radius 2 is 2.15 bits per heavy atom. The van der Waals surface area contributed by atoms with Crippen LogP contribution in [0, 0.1) is 0 Å². The quantitative estimate of drug-likeness (QED) is 0.561. The van der Waals surface area contributed by atoms with Crippen molar-refractivity contribution in [2.45, 2.75) is 57.2 Å². The van der Waals surface area contributed by atoms with E-state index in [9.17, 15) is 4.21 Å². The van der Waals surface area contributed by atoms with E-state index in [0.717, 1.165) is 67.1 Å². The molecule has 3 unspecified atom stereocenters. The van der Waals surface area contributed by atoms with Gasteiger partial charge in [0.2, 0.25) is 0 Å².